The molecular weight excluding hydrogens is 168 g/mol. The van der Waals surface area contributed by atoms with E-state index in [0.717, 1.165) is 18.6 Å². The van der Waals surface area contributed by atoms with Gasteiger partial charge in [0.05, 0.1) is 12.7 Å². The third-order valence-electron chi connectivity index (χ3n) is 2.12. The van der Waals surface area contributed by atoms with Crippen molar-refractivity contribution < 1.29 is 14.6 Å². The Morgan fingerprint density at radius 2 is 2.38 bits per heavy atom. The number of allylic oxidation sites excluding steroid dienone is 1. The highest BCUT2D eigenvalue weighted by molar-refractivity contribution is 5.86. The van der Waals surface area contributed by atoms with E-state index in [1.807, 2.05) is 0 Å². The lowest BCUT2D eigenvalue weighted by molar-refractivity contribution is -0.132. The van der Waals surface area contributed by atoms with Crippen molar-refractivity contribution in [3.05, 3.63) is 23.8 Å². The molecule has 1 unspecified atom stereocenters. The van der Waals surface area contributed by atoms with E-state index >= 15 is 0 Å². The van der Waals surface area contributed by atoms with Gasteiger partial charge in [0.2, 0.25) is 0 Å². The molecule has 3 heteroatoms. The molecule has 1 saturated heterocycles. The number of carbonyl (C=O) groups is 1. The number of carboxylic acid groups (broad SMARTS) is 1. The summed E-state index contributed by atoms with van der Waals surface area (Å²) >= 11 is 0. The highest BCUT2D eigenvalue weighted by Gasteiger charge is 2.24. The Morgan fingerprint density at radius 3 is 2.77 bits per heavy atom. The van der Waals surface area contributed by atoms with E-state index < -0.39 is 5.97 Å². The summed E-state index contributed by atoms with van der Waals surface area (Å²) in [5, 5.41) is 8.78. The topological polar surface area (TPSA) is 49.8 Å². The van der Waals surface area contributed by atoms with E-state index in [1.165, 1.54) is 0 Å². The van der Waals surface area contributed by atoms with Crippen molar-refractivity contribution in [3.8, 4) is 0 Å². The molecule has 0 aromatic rings. The van der Waals surface area contributed by atoms with Crippen LogP contribution in [0.3, 0.4) is 0 Å². The first kappa shape index (κ1) is 9.99. The van der Waals surface area contributed by atoms with Crippen molar-refractivity contribution >= 4 is 5.97 Å². The Labute approximate surface area is 77.7 Å². The quantitative estimate of drug-likeness (QED) is 0.400. The lowest BCUT2D eigenvalue weighted by Gasteiger charge is -2.04. The summed E-state index contributed by atoms with van der Waals surface area (Å²) in [6, 6.07) is 0. The van der Waals surface area contributed by atoms with E-state index in [0.29, 0.717) is 12.0 Å². The van der Waals surface area contributed by atoms with Gasteiger partial charge in [-0.3, -0.25) is 0 Å². The fourth-order valence-electron chi connectivity index (χ4n) is 1.18. The number of ether oxygens (including phenoxy) is 1. The minimum absolute atomic E-state index is 0.240. The summed E-state index contributed by atoms with van der Waals surface area (Å²) in [7, 11) is 0. The molecule has 0 saturated carbocycles. The van der Waals surface area contributed by atoms with Crippen LogP contribution in [0.4, 0.5) is 0 Å². The highest BCUT2D eigenvalue weighted by Crippen LogP contribution is 2.23. The zero-order valence-electron chi connectivity index (χ0n) is 7.75. The Hall–Kier alpha value is -1.09. The van der Waals surface area contributed by atoms with Gasteiger partial charge in [0.25, 0.3) is 0 Å². The van der Waals surface area contributed by atoms with E-state index in [9.17, 15) is 4.79 Å². The van der Waals surface area contributed by atoms with E-state index in [4.69, 9.17) is 9.84 Å². The molecule has 0 spiro atoms. The van der Waals surface area contributed by atoms with Crippen molar-refractivity contribution in [2.75, 3.05) is 6.61 Å². The van der Waals surface area contributed by atoms with Crippen LogP contribution in [0.25, 0.3) is 0 Å². The number of aliphatic carboxylic acids is 1. The van der Waals surface area contributed by atoms with E-state index in [2.05, 4.69) is 6.58 Å². The van der Waals surface area contributed by atoms with Crippen molar-refractivity contribution in [3.63, 3.8) is 0 Å². The number of rotatable bonds is 5. The molecule has 1 rings (SSSR count). The zero-order chi connectivity index (χ0) is 9.84. The molecule has 13 heavy (non-hydrogen) atoms. The number of hydrogen-bond donors (Lipinski definition) is 1. The van der Waals surface area contributed by atoms with Crippen LogP contribution in [0.15, 0.2) is 23.8 Å². The first-order valence-corrected chi connectivity index (χ1v) is 4.29. The highest BCUT2D eigenvalue weighted by atomic mass is 16.6. The monoisotopic (exact) mass is 182 g/mol. The van der Waals surface area contributed by atoms with Crippen LogP contribution in [0, 0.1) is 0 Å². The molecule has 0 aromatic carbocycles. The average molecular weight is 182 g/mol. The molecule has 1 fully saturated rings. The maximum Gasteiger partial charge on any atom is 0.331 e. The Morgan fingerprint density at radius 1 is 1.77 bits per heavy atom. The van der Waals surface area contributed by atoms with Crippen molar-refractivity contribution in [1.82, 2.24) is 0 Å². The van der Waals surface area contributed by atoms with Crippen molar-refractivity contribution in [2.45, 2.75) is 25.9 Å². The lowest BCUT2D eigenvalue weighted by atomic mass is 10.0. The van der Waals surface area contributed by atoms with Gasteiger partial charge >= 0.3 is 5.97 Å². The van der Waals surface area contributed by atoms with Crippen LogP contribution in [-0.4, -0.2) is 23.8 Å². The van der Waals surface area contributed by atoms with Gasteiger partial charge in [0, 0.05) is 5.57 Å². The molecule has 0 amide bonds. The van der Waals surface area contributed by atoms with E-state index in [-0.39, 0.29) is 6.10 Å². The van der Waals surface area contributed by atoms with Gasteiger partial charge in [-0.1, -0.05) is 11.6 Å². The number of epoxide rings is 1. The second kappa shape index (κ2) is 4.23. The number of hydrogen-bond acceptors (Lipinski definition) is 2. The van der Waals surface area contributed by atoms with E-state index in [1.54, 1.807) is 13.0 Å². The summed E-state index contributed by atoms with van der Waals surface area (Å²) in [6.07, 6.45) is 3.33. The standard InChI is InChI=1S/C10H14O3/c1-3-4-8(5-9-6-13-9)7(2)10(11)12/h3,9H,1,4-6H2,2H3,(H,11,12). The fraction of sp³-hybridized carbons (Fsp3) is 0.500. The summed E-state index contributed by atoms with van der Waals surface area (Å²) in [6.45, 7) is 5.99. The maximum atomic E-state index is 10.7. The Kier molecular flexibility index (Phi) is 3.25. The van der Waals surface area contributed by atoms with Crippen LogP contribution >= 0.6 is 0 Å². The van der Waals surface area contributed by atoms with Crippen LogP contribution in [0.1, 0.15) is 19.8 Å². The van der Waals surface area contributed by atoms with Crippen molar-refractivity contribution in [1.29, 1.82) is 0 Å². The molecule has 0 aliphatic carbocycles. The van der Waals surface area contributed by atoms with Gasteiger partial charge in [0.15, 0.2) is 0 Å². The lowest BCUT2D eigenvalue weighted by Crippen LogP contribution is -2.03. The average Bonchev–Trinajstić information content (AvgIpc) is 2.86. The zero-order valence-corrected chi connectivity index (χ0v) is 7.75. The second-order valence-corrected chi connectivity index (χ2v) is 3.19. The van der Waals surface area contributed by atoms with Gasteiger partial charge < -0.3 is 9.84 Å². The smallest absolute Gasteiger partial charge is 0.331 e. The fourth-order valence-corrected chi connectivity index (χ4v) is 1.18. The molecule has 72 valence electrons. The minimum Gasteiger partial charge on any atom is -0.478 e. The van der Waals surface area contributed by atoms with Gasteiger partial charge in [-0.2, -0.15) is 0 Å². The van der Waals surface area contributed by atoms with Crippen LogP contribution in [0.5, 0.6) is 0 Å². The molecule has 1 aliphatic rings. The first-order chi connectivity index (χ1) is 6.15. The molecule has 1 N–H and O–H groups in total. The summed E-state index contributed by atoms with van der Waals surface area (Å²) in [5.41, 5.74) is 1.35. The largest absolute Gasteiger partial charge is 0.478 e. The van der Waals surface area contributed by atoms with Gasteiger partial charge in [-0.15, -0.1) is 6.58 Å². The second-order valence-electron chi connectivity index (χ2n) is 3.19. The predicted octanol–water partition coefficient (Wildman–Crippen LogP) is 1.75. The predicted molar refractivity (Wildman–Crippen MR) is 49.5 cm³/mol. The molecule has 1 aliphatic heterocycles. The summed E-state index contributed by atoms with van der Waals surface area (Å²) < 4.78 is 5.05. The molecule has 1 atom stereocenters. The van der Waals surface area contributed by atoms with Gasteiger partial charge in [-0.05, 0) is 19.8 Å². The number of carboxylic acids is 1. The molecule has 3 nitrogen and oxygen atoms in total. The molecule has 1 heterocycles. The van der Waals surface area contributed by atoms with Gasteiger partial charge in [-0.25, -0.2) is 4.79 Å². The van der Waals surface area contributed by atoms with Crippen LogP contribution in [0.2, 0.25) is 0 Å². The third kappa shape index (κ3) is 3.03. The summed E-state index contributed by atoms with van der Waals surface area (Å²) in [5.74, 6) is -0.850. The van der Waals surface area contributed by atoms with Crippen LogP contribution in [-0.2, 0) is 9.53 Å². The minimum atomic E-state index is -0.850. The Bertz CT molecular complexity index is 249. The molecular formula is C10H14O3. The normalized spacial score (nSPS) is 22.1. The third-order valence-corrected chi connectivity index (χ3v) is 2.12. The summed E-state index contributed by atoms with van der Waals surface area (Å²) in [4.78, 5) is 10.7. The molecule has 0 radical (unpaired) electrons. The first-order valence-electron chi connectivity index (χ1n) is 4.29. The van der Waals surface area contributed by atoms with Crippen LogP contribution < -0.4 is 0 Å². The van der Waals surface area contributed by atoms with Crippen molar-refractivity contribution in [2.24, 2.45) is 0 Å². The maximum absolute atomic E-state index is 10.7. The Balaban J connectivity index is 2.67. The van der Waals surface area contributed by atoms with Gasteiger partial charge in [0.1, 0.15) is 0 Å². The molecule has 0 aromatic heterocycles. The SMILES string of the molecule is C=CCC(CC1CO1)=C(C)C(=O)O. The molecule has 0 bridgehead atoms.